The van der Waals surface area contributed by atoms with E-state index in [-0.39, 0.29) is 26.0 Å². The van der Waals surface area contributed by atoms with Crippen molar-refractivity contribution in [2.45, 2.75) is 36.6 Å². The molecular formula is C12H12Cl3NO3S. The highest BCUT2D eigenvalue weighted by molar-refractivity contribution is 8.13. The molecule has 0 radical (unpaired) electrons. The van der Waals surface area contributed by atoms with E-state index < -0.39 is 15.0 Å². The fourth-order valence-corrected chi connectivity index (χ4v) is 3.82. The highest BCUT2D eigenvalue weighted by atomic mass is 35.7. The third-order valence-electron chi connectivity index (χ3n) is 3.39. The van der Waals surface area contributed by atoms with Gasteiger partial charge < -0.3 is 5.32 Å². The van der Waals surface area contributed by atoms with E-state index in [0.29, 0.717) is 0 Å². The number of benzene rings is 1. The van der Waals surface area contributed by atoms with E-state index in [0.717, 1.165) is 25.3 Å². The highest BCUT2D eigenvalue weighted by Crippen LogP contribution is 2.34. The van der Waals surface area contributed by atoms with Crippen molar-refractivity contribution in [3.05, 3.63) is 27.7 Å². The van der Waals surface area contributed by atoms with Crippen molar-refractivity contribution < 1.29 is 13.2 Å². The first kappa shape index (κ1) is 15.9. The Balaban J connectivity index is 2.38. The van der Waals surface area contributed by atoms with E-state index >= 15 is 0 Å². The summed E-state index contributed by atoms with van der Waals surface area (Å²) < 4.78 is 22.8. The Labute approximate surface area is 131 Å². The second-order valence-corrected chi connectivity index (χ2v) is 8.40. The molecule has 2 rings (SSSR count). The number of hydrogen-bond donors (Lipinski definition) is 1. The third-order valence-corrected chi connectivity index (χ3v) is 5.65. The molecule has 0 spiro atoms. The standard InChI is InChI=1S/C12H12Cl3NO3S/c1-12(3-2-4-12)16-11(17)7-5-8(13)10(14)9(6-7)20(15,18)19/h5-6H,2-4H2,1H3,(H,16,17). The third kappa shape index (κ3) is 3.22. The van der Waals surface area contributed by atoms with Gasteiger partial charge in [-0.2, -0.15) is 0 Å². The van der Waals surface area contributed by atoms with Crippen LogP contribution >= 0.6 is 33.9 Å². The molecule has 0 saturated heterocycles. The summed E-state index contributed by atoms with van der Waals surface area (Å²) in [5.74, 6) is -0.396. The van der Waals surface area contributed by atoms with Crippen molar-refractivity contribution >= 4 is 48.8 Å². The summed E-state index contributed by atoms with van der Waals surface area (Å²) in [7, 11) is 1.21. The quantitative estimate of drug-likeness (QED) is 0.842. The van der Waals surface area contributed by atoms with Crippen molar-refractivity contribution in [1.82, 2.24) is 5.32 Å². The van der Waals surface area contributed by atoms with Gasteiger partial charge in [0, 0.05) is 21.8 Å². The van der Waals surface area contributed by atoms with Gasteiger partial charge in [-0.05, 0) is 38.3 Å². The Bertz CT molecular complexity index is 669. The van der Waals surface area contributed by atoms with E-state index in [1.807, 2.05) is 6.92 Å². The molecule has 1 aliphatic carbocycles. The van der Waals surface area contributed by atoms with E-state index in [1.165, 1.54) is 6.07 Å². The molecule has 1 fully saturated rings. The number of halogens is 3. The Kier molecular flexibility index (Phi) is 4.27. The van der Waals surface area contributed by atoms with Gasteiger partial charge in [-0.25, -0.2) is 8.42 Å². The number of carbonyl (C=O) groups excluding carboxylic acids is 1. The summed E-state index contributed by atoms with van der Waals surface area (Å²) in [6.07, 6.45) is 2.83. The van der Waals surface area contributed by atoms with Crippen molar-refractivity contribution in [2.24, 2.45) is 0 Å². The normalized spacial score (nSPS) is 17.4. The molecule has 8 heteroatoms. The van der Waals surface area contributed by atoms with E-state index in [4.69, 9.17) is 33.9 Å². The predicted molar refractivity (Wildman–Crippen MR) is 79.2 cm³/mol. The summed E-state index contributed by atoms with van der Waals surface area (Å²) in [4.78, 5) is 11.8. The van der Waals surface area contributed by atoms with Crippen LogP contribution in [0.4, 0.5) is 0 Å². The fourth-order valence-electron chi connectivity index (χ4n) is 2.05. The summed E-state index contributed by atoms with van der Waals surface area (Å²) in [6.45, 7) is 1.94. The molecule has 0 bridgehead atoms. The minimum atomic E-state index is -4.07. The van der Waals surface area contributed by atoms with Crippen LogP contribution in [0, 0.1) is 0 Å². The number of rotatable bonds is 3. The molecule has 1 saturated carbocycles. The second-order valence-electron chi connectivity index (χ2n) is 5.08. The zero-order valence-corrected chi connectivity index (χ0v) is 13.6. The van der Waals surface area contributed by atoms with Gasteiger partial charge in [0.1, 0.15) is 4.90 Å². The Hall–Kier alpha value is -0.490. The second kappa shape index (κ2) is 5.37. The highest BCUT2D eigenvalue weighted by Gasteiger charge is 2.33. The van der Waals surface area contributed by atoms with Crippen LogP contribution in [0.25, 0.3) is 0 Å². The van der Waals surface area contributed by atoms with Gasteiger partial charge in [0.25, 0.3) is 15.0 Å². The first-order valence-electron chi connectivity index (χ1n) is 5.89. The summed E-state index contributed by atoms with van der Waals surface area (Å²) >= 11 is 11.7. The lowest BCUT2D eigenvalue weighted by Gasteiger charge is -2.39. The molecule has 0 unspecified atom stereocenters. The molecule has 0 atom stereocenters. The lowest BCUT2D eigenvalue weighted by Crippen LogP contribution is -2.50. The Morgan fingerprint density at radius 1 is 1.30 bits per heavy atom. The van der Waals surface area contributed by atoms with Crippen molar-refractivity contribution in [1.29, 1.82) is 0 Å². The predicted octanol–water partition coefficient (Wildman–Crippen LogP) is 3.59. The Morgan fingerprint density at radius 2 is 1.90 bits per heavy atom. The van der Waals surface area contributed by atoms with Crippen molar-refractivity contribution in [3.63, 3.8) is 0 Å². The zero-order valence-electron chi connectivity index (χ0n) is 10.5. The molecule has 1 N–H and O–H groups in total. The largest absolute Gasteiger partial charge is 0.347 e. The average molecular weight is 357 g/mol. The number of amides is 1. The van der Waals surface area contributed by atoms with E-state index in [1.54, 1.807) is 0 Å². The number of nitrogens with one attached hydrogen (secondary N) is 1. The lowest BCUT2D eigenvalue weighted by atomic mass is 9.78. The van der Waals surface area contributed by atoms with E-state index in [2.05, 4.69) is 5.32 Å². The zero-order chi connectivity index (χ0) is 15.1. The van der Waals surface area contributed by atoms with E-state index in [9.17, 15) is 13.2 Å². The van der Waals surface area contributed by atoms with Gasteiger partial charge >= 0.3 is 0 Å². The minimum Gasteiger partial charge on any atom is -0.347 e. The number of hydrogen-bond acceptors (Lipinski definition) is 3. The SMILES string of the molecule is CC1(NC(=O)c2cc(Cl)c(Cl)c(S(=O)(=O)Cl)c2)CCC1. The molecule has 1 aromatic carbocycles. The Morgan fingerprint density at radius 3 is 2.35 bits per heavy atom. The monoisotopic (exact) mass is 355 g/mol. The molecule has 1 amide bonds. The molecule has 110 valence electrons. The lowest BCUT2D eigenvalue weighted by molar-refractivity contribution is 0.0850. The maximum Gasteiger partial charge on any atom is 0.262 e. The van der Waals surface area contributed by atoms with Crippen LogP contribution in [0.5, 0.6) is 0 Å². The minimum absolute atomic E-state index is 0.0303. The molecule has 0 heterocycles. The molecule has 0 aliphatic heterocycles. The number of carbonyl (C=O) groups is 1. The van der Waals surface area contributed by atoms with Crippen LogP contribution in [0.15, 0.2) is 17.0 Å². The first-order valence-corrected chi connectivity index (χ1v) is 8.95. The van der Waals surface area contributed by atoms with Gasteiger partial charge in [-0.15, -0.1) is 0 Å². The van der Waals surface area contributed by atoms with Crippen molar-refractivity contribution in [2.75, 3.05) is 0 Å². The molecule has 20 heavy (non-hydrogen) atoms. The smallest absolute Gasteiger partial charge is 0.262 e. The van der Waals surface area contributed by atoms with Crippen LogP contribution in [-0.4, -0.2) is 19.9 Å². The molecule has 0 aromatic heterocycles. The maximum absolute atomic E-state index is 12.1. The van der Waals surface area contributed by atoms with Gasteiger partial charge in [0.2, 0.25) is 0 Å². The average Bonchev–Trinajstić information content (AvgIpc) is 2.28. The van der Waals surface area contributed by atoms with Gasteiger partial charge in [-0.3, -0.25) is 4.79 Å². The topological polar surface area (TPSA) is 63.2 Å². The van der Waals surface area contributed by atoms with Gasteiger partial charge in [0.15, 0.2) is 0 Å². The fraction of sp³-hybridized carbons (Fsp3) is 0.417. The van der Waals surface area contributed by atoms with Crippen LogP contribution in [-0.2, 0) is 9.05 Å². The first-order chi connectivity index (χ1) is 9.12. The maximum atomic E-state index is 12.1. The summed E-state index contributed by atoms with van der Waals surface area (Å²) in [5.41, 5.74) is -0.129. The van der Waals surface area contributed by atoms with Gasteiger partial charge in [-0.1, -0.05) is 23.2 Å². The molecular weight excluding hydrogens is 345 g/mol. The van der Waals surface area contributed by atoms with Crippen molar-refractivity contribution in [3.8, 4) is 0 Å². The van der Waals surface area contributed by atoms with Gasteiger partial charge in [0.05, 0.1) is 10.0 Å². The van der Waals surface area contributed by atoms with Crippen LogP contribution < -0.4 is 5.32 Å². The van der Waals surface area contributed by atoms with Crippen LogP contribution in [0.2, 0.25) is 10.0 Å². The van der Waals surface area contributed by atoms with Crippen LogP contribution in [0.1, 0.15) is 36.5 Å². The summed E-state index contributed by atoms with van der Waals surface area (Å²) in [6, 6.07) is 2.46. The molecule has 1 aliphatic rings. The molecule has 1 aromatic rings. The molecule has 4 nitrogen and oxygen atoms in total. The van der Waals surface area contributed by atoms with Crippen LogP contribution in [0.3, 0.4) is 0 Å². The summed E-state index contributed by atoms with van der Waals surface area (Å²) in [5, 5.41) is 2.64.